The highest BCUT2D eigenvalue weighted by atomic mass is 32.1. The second kappa shape index (κ2) is 10.4. The number of hydrogen-bond donors (Lipinski definition) is 1. The number of furan rings is 1. The Bertz CT molecular complexity index is 3030. The molecule has 8 aromatic carbocycles. The molecule has 234 valence electrons. The molecule has 0 amide bonds. The number of thiophene rings is 1. The van der Waals surface area contributed by atoms with Crippen LogP contribution in [0.2, 0.25) is 0 Å². The SMILES string of the molecule is Cc1c2cccc1-c1cccc3oc4cccc(c4c13)Nc1cc(cc(-c3ccc4sc5ccccc5c4c3)c1)-c1cc-2c2ccccc2c1. The molecule has 3 heterocycles. The van der Waals surface area contributed by atoms with Crippen LogP contribution in [0.4, 0.5) is 11.4 Å². The fourth-order valence-electron chi connectivity index (χ4n) is 8.21. The first-order valence-corrected chi connectivity index (χ1v) is 17.9. The molecule has 2 aromatic heterocycles. The predicted octanol–water partition coefficient (Wildman–Crippen LogP) is 14.1. The van der Waals surface area contributed by atoms with Crippen LogP contribution in [-0.2, 0) is 0 Å². The Morgan fingerprint density at radius 3 is 2.04 bits per heavy atom. The van der Waals surface area contributed by atoms with Gasteiger partial charge in [0.05, 0.1) is 11.1 Å². The average molecular weight is 656 g/mol. The van der Waals surface area contributed by atoms with Gasteiger partial charge in [0.1, 0.15) is 11.2 Å². The summed E-state index contributed by atoms with van der Waals surface area (Å²) in [7, 11) is 0. The molecule has 10 aromatic rings. The molecule has 1 aliphatic rings. The predicted molar refractivity (Wildman–Crippen MR) is 214 cm³/mol. The number of anilines is 2. The van der Waals surface area contributed by atoms with Gasteiger partial charge in [0.15, 0.2) is 0 Å². The monoisotopic (exact) mass is 655 g/mol. The molecule has 6 bridgehead atoms. The topological polar surface area (TPSA) is 25.2 Å². The van der Waals surface area contributed by atoms with E-state index in [9.17, 15) is 0 Å². The molecule has 0 saturated carbocycles. The second-order valence-corrected chi connectivity index (χ2v) is 14.5. The lowest BCUT2D eigenvalue weighted by atomic mass is 9.86. The van der Waals surface area contributed by atoms with Crippen molar-refractivity contribution in [3.63, 3.8) is 0 Å². The molecule has 1 aliphatic heterocycles. The van der Waals surface area contributed by atoms with Crippen molar-refractivity contribution in [3.8, 4) is 44.5 Å². The van der Waals surface area contributed by atoms with Crippen LogP contribution in [0, 0.1) is 6.92 Å². The largest absolute Gasteiger partial charge is 0.456 e. The zero-order valence-electron chi connectivity index (χ0n) is 27.3. The van der Waals surface area contributed by atoms with E-state index in [0.29, 0.717) is 0 Å². The maximum absolute atomic E-state index is 6.54. The summed E-state index contributed by atoms with van der Waals surface area (Å²) in [5.41, 5.74) is 14.7. The van der Waals surface area contributed by atoms with Crippen LogP contribution in [-0.4, -0.2) is 0 Å². The maximum atomic E-state index is 6.54. The summed E-state index contributed by atoms with van der Waals surface area (Å²) in [5.74, 6) is 0. The van der Waals surface area contributed by atoms with Gasteiger partial charge in [-0.2, -0.15) is 0 Å². The second-order valence-electron chi connectivity index (χ2n) is 13.4. The molecule has 0 unspecified atom stereocenters. The van der Waals surface area contributed by atoms with E-state index in [1.807, 2.05) is 11.3 Å². The Hall–Kier alpha value is -6.16. The quantitative estimate of drug-likeness (QED) is 0.190. The highest BCUT2D eigenvalue weighted by Gasteiger charge is 2.20. The number of nitrogens with one attached hydrogen (secondary N) is 1. The first-order chi connectivity index (χ1) is 24.7. The summed E-state index contributed by atoms with van der Waals surface area (Å²) in [4.78, 5) is 0. The summed E-state index contributed by atoms with van der Waals surface area (Å²) in [6.45, 7) is 2.27. The summed E-state index contributed by atoms with van der Waals surface area (Å²) in [6.07, 6.45) is 0. The summed E-state index contributed by atoms with van der Waals surface area (Å²) in [5, 5.41) is 11.2. The van der Waals surface area contributed by atoms with Crippen molar-refractivity contribution in [1.82, 2.24) is 0 Å². The van der Waals surface area contributed by atoms with Gasteiger partial charge >= 0.3 is 0 Å². The zero-order chi connectivity index (χ0) is 32.9. The zero-order valence-corrected chi connectivity index (χ0v) is 28.1. The van der Waals surface area contributed by atoms with Crippen LogP contribution in [0.3, 0.4) is 0 Å². The smallest absolute Gasteiger partial charge is 0.137 e. The summed E-state index contributed by atoms with van der Waals surface area (Å²) < 4.78 is 9.17. The normalized spacial score (nSPS) is 12.3. The molecule has 50 heavy (non-hydrogen) atoms. The van der Waals surface area contributed by atoms with Gasteiger partial charge in [0, 0.05) is 31.2 Å². The molecule has 0 fully saturated rings. The van der Waals surface area contributed by atoms with Crippen LogP contribution < -0.4 is 5.32 Å². The Labute approximate surface area is 292 Å². The van der Waals surface area contributed by atoms with Crippen molar-refractivity contribution in [2.75, 3.05) is 5.32 Å². The van der Waals surface area contributed by atoms with Crippen LogP contribution in [0.25, 0.3) is 97.4 Å². The average Bonchev–Trinajstić information content (AvgIpc) is 3.73. The Balaban J connectivity index is 1.25. The van der Waals surface area contributed by atoms with Crippen molar-refractivity contribution in [2.45, 2.75) is 6.92 Å². The number of hydrogen-bond acceptors (Lipinski definition) is 3. The van der Waals surface area contributed by atoms with Crippen LogP contribution in [0.1, 0.15) is 5.56 Å². The fourth-order valence-corrected chi connectivity index (χ4v) is 9.30. The van der Waals surface area contributed by atoms with Gasteiger partial charge in [-0.05, 0) is 134 Å². The van der Waals surface area contributed by atoms with Crippen molar-refractivity contribution < 1.29 is 4.42 Å². The standard InChI is InChI=1S/C47H29NOS/c1-27-34-12-6-13-35(27)39-26-32(21-29-9-2-3-10-36(29)39)31-22-30(28-19-20-45-40(25-28)37-11-4-5-18-44(37)50-45)23-33(24-31)48-41-15-8-17-43-47(41)46-38(34)14-7-16-42(46)49-43/h2-26,48H,1H3. The Morgan fingerprint density at radius 2 is 1.14 bits per heavy atom. The minimum absolute atomic E-state index is 0.876. The van der Waals surface area contributed by atoms with E-state index in [-0.39, 0.29) is 0 Å². The van der Waals surface area contributed by atoms with E-state index in [1.54, 1.807) is 0 Å². The third kappa shape index (κ3) is 4.08. The van der Waals surface area contributed by atoms with E-state index in [2.05, 4.69) is 164 Å². The van der Waals surface area contributed by atoms with Gasteiger partial charge in [-0.25, -0.2) is 0 Å². The molecule has 0 saturated heterocycles. The van der Waals surface area contributed by atoms with E-state index in [4.69, 9.17) is 4.42 Å². The van der Waals surface area contributed by atoms with Gasteiger partial charge in [-0.3, -0.25) is 0 Å². The van der Waals surface area contributed by atoms with Crippen LogP contribution in [0.15, 0.2) is 156 Å². The van der Waals surface area contributed by atoms with Gasteiger partial charge in [0.2, 0.25) is 0 Å². The molecule has 0 spiro atoms. The lowest BCUT2D eigenvalue weighted by molar-refractivity contribution is 0.669. The van der Waals surface area contributed by atoms with Gasteiger partial charge in [-0.15, -0.1) is 11.3 Å². The number of benzene rings is 8. The van der Waals surface area contributed by atoms with Crippen molar-refractivity contribution in [2.24, 2.45) is 0 Å². The van der Waals surface area contributed by atoms with Crippen molar-refractivity contribution >= 4 is 75.6 Å². The van der Waals surface area contributed by atoms with E-state index in [0.717, 1.165) is 33.3 Å². The van der Waals surface area contributed by atoms with E-state index >= 15 is 0 Å². The minimum atomic E-state index is 0.876. The van der Waals surface area contributed by atoms with Gasteiger partial charge < -0.3 is 9.73 Å². The summed E-state index contributed by atoms with van der Waals surface area (Å²) in [6, 6.07) is 55.6. The maximum Gasteiger partial charge on any atom is 0.137 e. The lowest BCUT2D eigenvalue weighted by Gasteiger charge is -2.19. The third-order valence-electron chi connectivity index (χ3n) is 10.6. The highest BCUT2D eigenvalue weighted by molar-refractivity contribution is 7.25. The Kier molecular flexibility index (Phi) is 5.78. The molecule has 1 N–H and O–H groups in total. The fraction of sp³-hybridized carbons (Fsp3) is 0.0213. The van der Waals surface area contributed by atoms with Gasteiger partial charge in [0.25, 0.3) is 0 Å². The first-order valence-electron chi connectivity index (χ1n) is 17.1. The minimum Gasteiger partial charge on any atom is -0.456 e. The van der Waals surface area contributed by atoms with Crippen LogP contribution >= 0.6 is 11.3 Å². The van der Waals surface area contributed by atoms with Crippen molar-refractivity contribution in [3.05, 3.63) is 157 Å². The first kappa shape index (κ1) is 27.8. The molecule has 3 heteroatoms. The van der Waals surface area contributed by atoms with E-state index < -0.39 is 0 Å². The molecule has 0 aliphatic carbocycles. The summed E-state index contributed by atoms with van der Waals surface area (Å²) >= 11 is 1.86. The van der Waals surface area contributed by atoms with Crippen molar-refractivity contribution in [1.29, 1.82) is 0 Å². The highest BCUT2D eigenvalue weighted by Crippen LogP contribution is 2.46. The van der Waals surface area contributed by atoms with E-state index in [1.165, 1.54) is 81.0 Å². The molecule has 0 radical (unpaired) electrons. The van der Waals surface area contributed by atoms with Crippen LogP contribution in [0.5, 0.6) is 0 Å². The molecule has 11 rings (SSSR count). The Morgan fingerprint density at radius 1 is 0.460 bits per heavy atom. The molecular formula is C47H29NOS. The molecular weight excluding hydrogens is 627 g/mol. The lowest BCUT2D eigenvalue weighted by Crippen LogP contribution is -1.96. The third-order valence-corrected chi connectivity index (χ3v) is 11.7. The number of rotatable bonds is 1. The number of fused-ring (bicyclic) bond motifs is 14. The van der Waals surface area contributed by atoms with Gasteiger partial charge in [-0.1, -0.05) is 84.9 Å². The molecule has 2 nitrogen and oxygen atoms in total. The molecule has 0 atom stereocenters.